The molecule has 2 atom stereocenters. The van der Waals surface area contributed by atoms with Crippen LogP contribution < -0.4 is 5.73 Å². The van der Waals surface area contributed by atoms with E-state index in [0.29, 0.717) is 17.5 Å². The minimum absolute atomic E-state index is 0.107. The van der Waals surface area contributed by atoms with E-state index in [1.54, 1.807) is 13.0 Å². The topological polar surface area (TPSA) is 29.3 Å². The predicted octanol–water partition coefficient (Wildman–Crippen LogP) is 3.08. The molecule has 2 N–H and O–H groups in total. The lowest BCUT2D eigenvalue weighted by molar-refractivity contribution is 0.127. The molecule has 2 rings (SSSR count). The number of benzene rings is 1. The van der Waals surface area contributed by atoms with Crippen LogP contribution in [-0.4, -0.2) is 24.5 Å². The Morgan fingerprint density at radius 1 is 1.32 bits per heavy atom. The molecule has 0 saturated heterocycles. The zero-order valence-electron chi connectivity index (χ0n) is 12.0. The summed E-state index contributed by atoms with van der Waals surface area (Å²) < 4.78 is 13.6. The Morgan fingerprint density at radius 3 is 2.74 bits per heavy atom. The van der Waals surface area contributed by atoms with Crippen molar-refractivity contribution >= 4 is 0 Å². The van der Waals surface area contributed by atoms with Crippen LogP contribution in [0.4, 0.5) is 4.39 Å². The van der Waals surface area contributed by atoms with Gasteiger partial charge in [-0.25, -0.2) is 4.39 Å². The van der Waals surface area contributed by atoms with E-state index >= 15 is 0 Å². The molecule has 0 aromatic heterocycles. The molecule has 106 valence electrons. The second kappa shape index (κ2) is 6.49. The van der Waals surface area contributed by atoms with E-state index in [4.69, 9.17) is 5.73 Å². The first-order chi connectivity index (χ1) is 9.11. The van der Waals surface area contributed by atoms with Crippen molar-refractivity contribution in [3.63, 3.8) is 0 Å². The van der Waals surface area contributed by atoms with Crippen LogP contribution in [0.15, 0.2) is 18.2 Å². The molecule has 0 spiro atoms. The molecule has 3 heteroatoms. The summed E-state index contributed by atoms with van der Waals surface area (Å²) in [5, 5.41) is 0. The fourth-order valence-electron chi connectivity index (χ4n) is 3.18. The third-order valence-corrected chi connectivity index (χ3v) is 4.41. The van der Waals surface area contributed by atoms with Crippen LogP contribution in [-0.2, 0) is 6.54 Å². The van der Waals surface area contributed by atoms with E-state index in [-0.39, 0.29) is 5.82 Å². The van der Waals surface area contributed by atoms with Gasteiger partial charge in [-0.05, 0) is 56.5 Å². The van der Waals surface area contributed by atoms with Gasteiger partial charge in [0.05, 0.1) is 0 Å². The first kappa shape index (κ1) is 14.5. The van der Waals surface area contributed by atoms with Crippen molar-refractivity contribution in [2.24, 2.45) is 11.7 Å². The average Bonchev–Trinajstić information content (AvgIpc) is 2.43. The highest BCUT2D eigenvalue weighted by Crippen LogP contribution is 2.28. The highest BCUT2D eigenvalue weighted by atomic mass is 19.1. The van der Waals surface area contributed by atoms with E-state index < -0.39 is 0 Å². The summed E-state index contributed by atoms with van der Waals surface area (Å²) in [6, 6.07) is 6.09. The zero-order chi connectivity index (χ0) is 13.8. The third kappa shape index (κ3) is 3.54. The number of hydrogen-bond donors (Lipinski definition) is 1. The number of nitrogens with two attached hydrogens (primary N) is 1. The summed E-state index contributed by atoms with van der Waals surface area (Å²) in [5.74, 6) is 0.485. The van der Waals surface area contributed by atoms with Crippen molar-refractivity contribution in [2.45, 2.75) is 45.2 Å². The molecule has 1 saturated carbocycles. The van der Waals surface area contributed by atoms with Gasteiger partial charge in [-0.1, -0.05) is 25.0 Å². The molecule has 0 aliphatic heterocycles. The molecule has 0 amide bonds. The maximum Gasteiger partial charge on any atom is 0.126 e. The highest BCUT2D eigenvalue weighted by molar-refractivity contribution is 5.23. The molecule has 0 bridgehead atoms. The average molecular weight is 264 g/mol. The number of rotatable bonds is 4. The molecular weight excluding hydrogens is 239 g/mol. The lowest BCUT2D eigenvalue weighted by Crippen LogP contribution is -2.42. The lowest BCUT2D eigenvalue weighted by Gasteiger charge is -2.37. The zero-order valence-corrected chi connectivity index (χ0v) is 12.0. The van der Waals surface area contributed by atoms with Crippen LogP contribution in [0.25, 0.3) is 0 Å². The van der Waals surface area contributed by atoms with Crippen molar-refractivity contribution < 1.29 is 4.39 Å². The Hall–Kier alpha value is -0.930. The van der Waals surface area contributed by atoms with Gasteiger partial charge in [-0.3, -0.25) is 4.90 Å². The second-order valence-electron chi connectivity index (χ2n) is 5.85. The Labute approximate surface area is 115 Å². The van der Waals surface area contributed by atoms with Crippen LogP contribution in [0.3, 0.4) is 0 Å². The summed E-state index contributed by atoms with van der Waals surface area (Å²) in [6.07, 6.45) is 5.03. The molecule has 1 aliphatic rings. The quantitative estimate of drug-likeness (QED) is 0.905. The minimum atomic E-state index is -0.107. The molecule has 1 fully saturated rings. The van der Waals surface area contributed by atoms with E-state index in [9.17, 15) is 4.39 Å². The molecular formula is C16H25FN2. The summed E-state index contributed by atoms with van der Waals surface area (Å²) in [4.78, 5) is 2.35. The second-order valence-corrected chi connectivity index (χ2v) is 5.85. The van der Waals surface area contributed by atoms with E-state index in [0.717, 1.165) is 18.7 Å². The maximum absolute atomic E-state index is 13.6. The van der Waals surface area contributed by atoms with Crippen LogP contribution in [0.2, 0.25) is 0 Å². The van der Waals surface area contributed by atoms with E-state index in [1.165, 1.54) is 25.7 Å². The van der Waals surface area contributed by atoms with Gasteiger partial charge in [0, 0.05) is 12.6 Å². The van der Waals surface area contributed by atoms with Crippen molar-refractivity contribution in [2.75, 3.05) is 13.6 Å². The Bertz CT molecular complexity index is 419. The van der Waals surface area contributed by atoms with Gasteiger partial charge in [-0.15, -0.1) is 0 Å². The Morgan fingerprint density at radius 2 is 2.05 bits per heavy atom. The number of halogens is 1. The SMILES string of the molecule is Cc1ccc(CN(C)C2CCCCC2CN)cc1F. The number of aryl methyl sites for hydroxylation is 1. The summed E-state index contributed by atoms with van der Waals surface area (Å²) >= 11 is 0. The molecule has 1 aliphatic carbocycles. The van der Waals surface area contributed by atoms with Gasteiger partial charge < -0.3 is 5.73 Å². The van der Waals surface area contributed by atoms with E-state index in [1.807, 2.05) is 12.1 Å². The molecule has 19 heavy (non-hydrogen) atoms. The van der Waals surface area contributed by atoms with E-state index in [2.05, 4.69) is 11.9 Å². The Kier molecular flexibility index (Phi) is 4.94. The maximum atomic E-state index is 13.6. The molecule has 0 heterocycles. The smallest absolute Gasteiger partial charge is 0.126 e. The van der Waals surface area contributed by atoms with Gasteiger partial charge in [0.15, 0.2) is 0 Å². The molecule has 2 unspecified atom stereocenters. The molecule has 1 aromatic carbocycles. The largest absolute Gasteiger partial charge is 0.330 e. The minimum Gasteiger partial charge on any atom is -0.330 e. The van der Waals surface area contributed by atoms with Gasteiger partial charge in [0.25, 0.3) is 0 Å². The first-order valence-corrected chi connectivity index (χ1v) is 7.27. The first-order valence-electron chi connectivity index (χ1n) is 7.27. The Balaban J connectivity index is 2.02. The van der Waals surface area contributed by atoms with Crippen molar-refractivity contribution in [1.29, 1.82) is 0 Å². The van der Waals surface area contributed by atoms with Gasteiger partial charge in [0.1, 0.15) is 5.82 Å². The van der Waals surface area contributed by atoms with Crippen molar-refractivity contribution in [1.82, 2.24) is 4.90 Å². The summed E-state index contributed by atoms with van der Waals surface area (Å²) in [6.45, 7) is 3.37. The van der Waals surface area contributed by atoms with Gasteiger partial charge >= 0.3 is 0 Å². The van der Waals surface area contributed by atoms with Crippen molar-refractivity contribution in [3.05, 3.63) is 35.1 Å². The van der Waals surface area contributed by atoms with Gasteiger partial charge in [0.2, 0.25) is 0 Å². The van der Waals surface area contributed by atoms with Crippen LogP contribution in [0.1, 0.15) is 36.8 Å². The summed E-state index contributed by atoms with van der Waals surface area (Å²) in [5.41, 5.74) is 7.64. The standard InChI is InChI=1S/C16H25FN2/c1-12-7-8-13(9-15(12)17)11-19(2)16-6-4-3-5-14(16)10-18/h7-9,14,16H,3-6,10-11,18H2,1-2H3. The monoisotopic (exact) mass is 264 g/mol. The predicted molar refractivity (Wildman–Crippen MR) is 77.4 cm³/mol. The van der Waals surface area contributed by atoms with Gasteiger partial charge in [-0.2, -0.15) is 0 Å². The fourth-order valence-corrected chi connectivity index (χ4v) is 3.18. The van der Waals surface area contributed by atoms with Crippen LogP contribution >= 0.6 is 0 Å². The van der Waals surface area contributed by atoms with Crippen LogP contribution in [0, 0.1) is 18.7 Å². The highest BCUT2D eigenvalue weighted by Gasteiger charge is 2.27. The normalized spacial score (nSPS) is 23.8. The third-order valence-electron chi connectivity index (χ3n) is 4.41. The summed E-state index contributed by atoms with van der Waals surface area (Å²) in [7, 11) is 2.14. The number of hydrogen-bond acceptors (Lipinski definition) is 2. The molecule has 0 radical (unpaired) electrons. The number of nitrogens with zero attached hydrogens (tertiary/aromatic N) is 1. The van der Waals surface area contributed by atoms with Crippen LogP contribution in [0.5, 0.6) is 0 Å². The lowest BCUT2D eigenvalue weighted by atomic mass is 9.83. The molecule has 1 aromatic rings. The molecule has 2 nitrogen and oxygen atoms in total. The van der Waals surface area contributed by atoms with Crippen molar-refractivity contribution in [3.8, 4) is 0 Å². The fraction of sp³-hybridized carbons (Fsp3) is 0.625.